The smallest absolute Gasteiger partial charge is 0.186 e. The van der Waals surface area contributed by atoms with Crippen LogP contribution in [0.1, 0.15) is 26.7 Å². The first-order valence-corrected chi connectivity index (χ1v) is 4.78. The lowest BCUT2D eigenvalue weighted by atomic mass is 10.0. The Morgan fingerprint density at radius 2 is 2.15 bits per heavy atom. The molecule has 0 radical (unpaired) electrons. The molecule has 4 heteroatoms. The first kappa shape index (κ1) is 10.9. The van der Waals surface area contributed by atoms with Gasteiger partial charge < -0.3 is 19.7 Å². The Kier molecular flexibility index (Phi) is 4.12. The molecular weight excluding hydrogens is 172 g/mol. The third kappa shape index (κ3) is 2.91. The molecule has 0 spiro atoms. The number of hydrogen-bond donors (Lipinski definition) is 2. The molecule has 0 unspecified atom stereocenters. The van der Waals surface area contributed by atoms with Crippen molar-refractivity contribution in [1.82, 2.24) is 0 Å². The minimum atomic E-state index is -0.914. The van der Waals surface area contributed by atoms with Crippen LogP contribution in [0.2, 0.25) is 0 Å². The summed E-state index contributed by atoms with van der Waals surface area (Å²) in [4.78, 5) is 0. The predicted octanol–water partition coefficient (Wildman–Crippen LogP) is 0.270. The lowest BCUT2D eigenvalue weighted by Gasteiger charge is -2.35. The average Bonchev–Trinajstić information content (AvgIpc) is 2.09. The van der Waals surface area contributed by atoms with Gasteiger partial charge >= 0.3 is 0 Å². The highest BCUT2D eigenvalue weighted by molar-refractivity contribution is 4.79. The van der Waals surface area contributed by atoms with Crippen molar-refractivity contribution in [3.05, 3.63) is 0 Å². The van der Waals surface area contributed by atoms with Gasteiger partial charge in [0.1, 0.15) is 6.10 Å². The van der Waals surface area contributed by atoms with Gasteiger partial charge in [-0.25, -0.2) is 0 Å². The fourth-order valence-electron chi connectivity index (χ4n) is 1.40. The number of rotatable bonds is 3. The van der Waals surface area contributed by atoms with Crippen LogP contribution in [0.3, 0.4) is 0 Å². The van der Waals surface area contributed by atoms with Gasteiger partial charge in [0.2, 0.25) is 0 Å². The van der Waals surface area contributed by atoms with E-state index < -0.39 is 18.5 Å². The summed E-state index contributed by atoms with van der Waals surface area (Å²) in [6.07, 6.45) is -1.03. The van der Waals surface area contributed by atoms with Crippen molar-refractivity contribution in [3.63, 3.8) is 0 Å². The fraction of sp³-hybridized carbons (Fsp3) is 1.00. The molecule has 0 aromatic heterocycles. The van der Waals surface area contributed by atoms with Crippen LogP contribution in [-0.2, 0) is 9.47 Å². The standard InChI is InChI=1S/C9H18O4/c1-3-4-12-9-8(11)7(10)5-6(2)13-9/h6-11H,3-5H2,1-2H3/t6-,7+,8-,9+/m0/s1. The van der Waals surface area contributed by atoms with Gasteiger partial charge in [-0.1, -0.05) is 6.92 Å². The van der Waals surface area contributed by atoms with Gasteiger partial charge in [-0.2, -0.15) is 0 Å². The van der Waals surface area contributed by atoms with Gasteiger partial charge in [-0.05, 0) is 13.3 Å². The molecule has 1 aliphatic rings. The average molecular weight is 190 g/mol. The van der Waals surface area contributed by atoms with Gasteiger partial charge in [0.05, 0.1) is 12.2 Å². The zero-order valence-electron chi connectivity index (χ0n) is 8.14. The maximum absolute atomic E-state index is 9.48. The lowest BCUT2D eigenvalue weighted by molar-refractivity contribution is -0.263. The minimum absolute atomic E-state index is 0.0553. The summed E-state index contributed by atoms with van der Waals surface area (Å²) in [5, 5.41) is 18.9. The van der Waals surface area contributed by atoms with Gasteiger partial charge in [0.25, 0.3) is 0 Å². The summed E-state index contributed by atoms with van der Waals surface area (Å²) in [7, 11) is 0. The van der Waals surface area contributed by atoms with Gasteiger partial charge in [-0.3, -0.25) is 0 Å². The van der Waals surface area contributed by atoms with Crippen molar-refractivity contribution in [2.75, 3.05) is 6.61 Å². The number of hydrogen-bond acceptors (Lipinski definition) is 4. The highest BCUT2D eigenvalue weighted by Crippen LogP contribution is 2.20. The molecule has 78 valence electrons. The van der Waals surface area contributed by atoms with Crippen LogP contribution < -0.4 is 0 Å². The normalized spacial score (nSPS) is 40.6. The Balaban J connectivity index is 2.41. The van der Waals surface area contributed by atoms with Crippen molar-refractivity contribution < 1.29 is 19.7 Å². The van der Waals surface area contributed by atoms with E-state index in [2.05, 4.69) is 0 Å². The second-order valence-electron chi connectivity index (χ2n) is 3.48. The molecule has 0 saturated carbocycles. The topological polar surface area (TPSA) is 58.9 Å². The summed E-state index contributed by atoms with van der Waals surface area (Å²) < 4.78 is 10.6. The molecular formula is C9H18O4. The molecule has 1 saturated heterocycles. The molecule has 4 nitrogen and oxygen atoms in total. The van der Waals surface area contributed by atoms with Crippen molar-refractivity contribution >= 4 is 0 Å². The summed E-state index contributed by atoms with van der Waals surface area (Å²) in [5.41, 5.74) is 0. The van der Waals surface area contributed by atoms with E-state index in [4.69, 9.17) is 9.47 Å². The third-order valence-corrected chi connectivity index (χ3v) is 2.10. The zero-order valence-corrected chi connectivity index (χ0v) is 8.14. The number of ether oxygens (including phenoxy) is 2. The highest BCUT2D eigenvalue weighted by atomic mass is 16.7. The minimum Gasteiger partial charge on any atom is -0.390 e. The van der Waals surface area contributed by atoms with E-state index in [1.165, 1.54) is 0 Å². The highest BCUT2D eigenvalue weighted by Gasteiger charge is 2.35. The molecule has 0 amide bonds. The van der Waals surface area contributed by atoms with E-state index in [1.54, 1.807) is 0 Å². The molecule has 1 aliphatic heterocycles. The van der Waals surface area contributed by atoms with E-state index in [0.717, 1.165) is 6.42 Å². The zero-order chi connectivity index (χ0) is 9.84. The molecule has 1 fully saturated rings. The van der Waals surface area contributed by atoms with Crippen LogP contribution in [0.15, 0.2) is 0 Å². The van der Waals surface area contributed by atoms with E-state index in [9.17, 15) is 10.2 Å². The van der Waals surface area contributed by atoms with Gasteiger partial charge in [0.15, 0.2) is 6.29 Å². The van der Waals surface area contributed by atoms with E-state index in [-0.39, 0.29) is 6.10 Å². The molecule has 0 aromatic carbocycles. The van der Waals surface area contributed by atoms with Crippen LogP contribution in [0.4, 0.5) is 0 Å². The summed E-state index contributed by atoms with van der Waals surface area (Å²) in [5.74, 6) is 0. The Morgan fingerprint density at radius 1 is 1.46 bits per heavy atom. The SMILES string of the molecule is CCCO[C@@H]1O[C@@H](C)C[C@@H](O)[C@@H]1O. The molecule has 0 aromatic rings. The van der Waals surface area contributed by atoms with Crippen LogP contribution in [0.25, 0.3) is 0 Å². The summed E-state index contributed by atoms with van der Waals surface area (Å²) >= 11 is 0. The molecule has 0 aliphatic carbocycles. The second-order valence-corrected chi connectivity index (χ2v) is 3.48. The van der Waals surface area contributed by atoms with Crippen molar-refractivity contribution in [3.8, 4) is 0 Å². The second kappa shape index (κ2) is 4.91. The fourth-order valence-corrected chi connectivity index (χ4v) is 1.40. The summed E-state index contributed by atoms with van der Waals surface area (Å²) in [6, 6.07) is 0. The molecule has 1 rings (SSSR count). The first-order chi connectivity index (χ1) is 6.15. The molecule has 1 heterocycles. The van der Waals surface area contributed by atoms with E-state index in [1.807, 2.05) is 13.8 Å². The van der Waals surface area contributed by atoms with E-state index in [0.29, 0.717) is 13.0 Å². The van der Waals surface area contributed by atoms with Crippen molar-refractivity contribution in [2.24, 2.45) is 0 Å². The third-order valence-electron chi connectivity index (χ3n) is 2.10. The molecule has 4 atom stereocenters. The van der Waals surface area contributed by atoms with Crippen LogP contribution >= 0.6 is 0 Å². The van der Waals surface area contributed by atoms with Crippen molar-refractivity contribution in [1.29, 1.82) is 0 Å². The monoisotopic (exact) mass is 190 g/mol. The maximum atomic E-state index is 9.48. The lowest BCUT2D eigenvalue weighted by Crippen LogP contribution is -2.48. The molecule has 13 heavy (non-hydrogen) atoms. The maximum Gasteiger partial charge on any atom is 0.186 e. The van der Waals surface area contributed by atoms with Crippen LogP contribution in [0.5, 0.6) is 0 Å². The molecule has 0 bridgehead atoms. The first-order valence-electron chi connectivity index (χ1n) is 4.78. The van der Waals surface area contributed by atoms with Crippen molar-refractivity contribution in [2.45, 2.75) is 51.3 Å². The Hall–Kier alpha value is -0.160. The number of aliphatic hydroxyl groups excluding tert-OH is 2. The molecule has 2 N–H and O–H groups in total. The van der Waals surface area contributed by atoms with Crippen LogP contribution in [-0.4, -0.2) is 41.4 Å². The number of aliphatic hydroxyl groups is 2. The van der Waals surface area contributed by atoms with Gasteiger partial charge in [0, 0.05) is 13.0 Å². The largest absolute Gasteiger partial charge is 0.390 e. The van der Waals surface area contributed by atoms with E-state index >= 15 is 0 Å². The quantitative estimate of drug-likeness (QED) is 0.670. The Labute approximate surface area is 78.5 Å². The Morgan fingerprint density at radius 3 is 2.77 bits per heavy atom. The van der Waals surface area contributed by atoms with Crippen LogP contribution in [0, 0.1) is 0 Å². The van der Waals surface area contributed by atoms with Gasteiger partial charge in [-0.15, -0.1) is 0 Å². The summed E-state index contributed by atoms with van der Waals surface area (Å²) in [6.45, 7) is 4.38. The Bertz CT molecular complexity index is 151. The predicted molar refractivity (Wildman–Crippen MR) is 47.2 cm³/mol.